The maximum absolute atomic E-state index is 4.96. The molecule has 0 saturated heterocycles. The van der Waals surface area contributed by atoms with Crippen LogP contribution in [-0.4, -0.2) is 20.7 Å². The Hall–Kier alpha value is -0.760. The van der Waals surface area contributed by atoms with E-state index in [9.17, 15) is 0 Å². The van der Waals surface area contributed by atoms with Crippen molar-refractivity contribution in [3.8, 4) is 0 Å². The molecule has 0 atom stereocenters. The molecule has 0 aliphatic carbocycles. The maximum Gasteiger partial charge on any atom is 0.109 e. The first-order valence-corrected chi connectivity index (χ1v) is 2.85. The quantitative estimate of drug-likeness (QED) is 0.448. The Morgan fingerprint density at radius 2 is 2.44 bits per heavy atom. The van der Waals surface area contributed by atoms with Crippen molar-refractivity contribution in [1.82, 2.24) is 5.32 Å². The van der Waals surface area contributed by atoms with E-state index in [0.717, 1.165) is 12.3 Å². The van der Waals surface area contributed by atoms with Crippen molar-refractivity contribution in [3.63, 3.8) is 0 Å². The molecule has 9 heavy (non-hydrogen) atoms. The summed E-state index contributed by atoms with van der Waals surface area (Å²) < 4.78 is 4.96. The van der Waals surface area contributed by atoms with Crippen LogP contribution in [0.15, 0.2) is 24.5 Å². The number of ether oxygens (including phenoxy) is 1. The molecule has 0 fully saturated rings. The topological polar surface area (TPSA) is 21.3 Å². The monoisotopic (exact) mass is 127 g/mol. The molecule has 0 rings (SSSR count). The second-order valence-corrected chi connectivity index (χ2v) is 1.60. The molecule has 2 nitrogen and oxygen atoms in total. The van der Waals surface area contributed by atoms with Crippen LogP contribution in [0, 0.1) is 0 Å². The van der Waals surface area contributed by atoms with Gasteiger partial charge in [0, 0.05) is 0 Å². The van der Waals surface area contributed by atoms with Crippen LogP contribution in [0.3, 0.4) is 0 Å². The fraction of sp³-hybridized carbons (Fsp3) is 0.429. The smallest absolute Gasteiger partial charge is 0.109 e. The zero-order valence-corrected chi connectivity index (χ0v) is 5.98. The second kappa shape index (κ2) is 5.38. The SMILES string of the molecule is C=C/C=C(/CNC)OC. The first-order valence-electron chi connectivity index (χ1n) is 2.85. The number of nitrogens with one attached hydrogen (secondary N) is 1. The summed E-state index contributed by atoms with van der Waals surface area (Å²) in [5, 5.41) is 2.96. The van der Waals surface area contributed by atoms with Crippen LogP contribution in [0.5, 0.6) is 0 Å². The van der Waals surface area contributed by atoms with Gasteiger partial charge in [0.2, 0.25) is 0 Å². The maximum atomic E-state index is 4.96. The molecule has 0 unspecified atom stereocenters. The predicted octanol–water partition coefficient (Wildman–Crippen LogP) is 0.922. The average Bonchev–Trinajstić information content (AvgIpc) is 1.88. The lowest BCUT2D eigenvalue weighted by molar-refractivity contribution is 0.282. The third-order valence-electron chi connectivity index (χ3n) is 0.917. The van der Waals surface area contributed by atoms with Crippen molar-refractivity contribution >= 4 is 0 Å². The van der Waals surface area contributed by atoms with Crippen molar-refractivity contribution in [2.45, 2.75) is 0 Å². The molecule has 0 radical (unpaired) electrons. The Bertz CT molecular complexity index is 107. The molecule has 0 aliphatic rings. The molecule has 0 aromatic carbocycles. The largest absolute Gasteiger partial charge is 0.500 e. The highest BCUT2D eigenvalue weighted by Crippen LogP contribution is 1.91. The summed E-state index contributed by atoms with van der Waals surface area (Å²) in [5.74, 6) is 0.896. The normalized spacial score (nSPS) is 11.1. The van der Waals surface area contributed by atoms with E-state index >= 15 is 0 Å². The minimum absolute atomic E-state index is 0.752. The molecule has 1 N–H and O–H groups in total. The van der Waals surface area contributed by atoms with E-state index in [1.807, 2.05) is 13.1 Å². The zero-order valence-electron chi connectivity index (χ0n) is 5.98. The van der Waals surface area contributed by atoms with Gasteiger partial charge in [0.05, 0.1) is 13.7 Å². The first-order chi connectivity index (χ1) is 4.35. The van der Waals surface area contributed by atoms with E-state index < -0.39 is 0 Å². The lowest BCUT2D eigenvalue weighted by Crippen LogP contribution is -2.11. The molecule has 0 amide bonds. The lowest BCUT2D eigenvalue weighted by atomic mass is 10.4. The summed E-state index contributed by atoms with van der Waals surface area (Å²) in [6, 6.07) is 0. The Kier molecular flexibility index (Phi) is 4.92. The van der Waals surface area contributed by atoms with Crippen LogP contribution >= 0.6 is 0 Å². The van der Waals surface area contributed by atoms with Crippen LogP contribution in [0.4, 0.5) is 0 Å². The number of methoxy groups -OCH3 is 1. The van der Waals surface area contributed by atoms with Gasteiger partial charge in [0.25, 0.3) is 0 Å². The highest BCUT2D eigenvalue weighted by Gasteiger charge is 1.87. The van der Waals surface area contributed by atoms with Crippen molar-refractivity contribution in [2.75, 3.05) is 20.7 Å². The average molecular weight is 127 g/mol. The van der Waals surface area contributed by atoms with E-state index in [4.69, 9.17) is 4.74 Å². The van der Waals surface area contributed by atoms with E-state index in [1.165, 1.54) is 0 Å². The van der Waals surface area contributed by atoms with Gasteiger partial charge in [-0.25, -0.2) is 0 Å². The number of hydrogen-bond acceptors (Lipinski definition) is 2. The van der Waals surface area contributed by atoms with Gasteiger partial charge in [-0.2, -0.15) is 0 Å². The van der Waals surface area contributed by atoms with E-state index in [-0.39, 0.29) is 0 Å². The van der Waals surface area contributed by atoms with Crippen molar-refractivity contribution in [2.24, 2.45) is 0 Å². The number of likely N-dealkylation sites (N-methyl/N-ethyl adjacent to an activating group) is 1. The van der Waals surface area contributed by atoms with Gasteiger partial charge in [-0.1, -0.05) is 12.7 Å². The standard InChI is InChI=1S/C7H13NO/c1-4-5-7(9-3)6-8-2/h4-5,8H,1,6H2,2-3H3/b7-5-. The number of allylic oxidation sites excluding steroid dienone is 2. The van der Waals surface area contributed by atoms with Crippen LogP contribution in [0.2, 0.25) is 0 Å². The molecule has 0 saturated carbocycles. The fourth-order valence-corrected chi connectivity index (χ4v) is 0.505. The van der Waals surface area contributed by atoms with Crippen LogP contribution in [0.1, 0.15) is 0 Å². The lowest BCUT2D eigenvalue weighted by Gasteiger charge is -2.02. The van der Waals surface area contributed by atoms with Crippen LogP contribution < -0.4 is 5.32 Å². The number of rotatable bonds is 4. The summed E-state index contributed by atoms with van der Waals surface area (Å²) >= 11 is 0. The van der Waals surface area contributed by atoms with Crippen molar-refractivity contribution in [1.29, 1.82) is 0 Å². The highest BCUT2D eigenvalue weighted by molar-refractivity contribution is 5.05. The molecule has 0 bridgehead atoms. The van der Waals surface area contributed by atoms with Gasteiger partial charge in [0.15, 0.2) is 0 Å². The molecular weight excluding hydrogens is 114 g/mol. The van der Waals surface area contributed by atoms with Gasteiger partial charge >= 0.3 is 0 Å². The van der Waals surface area contributed by atoms with Crippen molar-refractivity contribution in [3.05, 3.63) is 24.5 Å². The zero-order chi connectivity index (χ0) is 7.11. The van der Waals surface area contributed by atoms with E-state index in [0.29, 0.717) is 0 Å². The number of hydrogen-bond donors (Lipinski definition) is 1. The summed E-state index contributed by atoms with van der Waals surface area (Å²) in [6.45, 7) is 4.30. The Morgan fingerprint density at radius 1 is 1.78 bits per heavy atom. The molecule has 0 aliphatic heterocycles. The molecule has 0 spiro atoms. The molecule has 52 valence electrons. The summed E-state index contributed by atoms with van der Waals surface area (Å²) in [6.07, 6.45) is 3.53. The summed E-state index contributed by atoms with van der Waals surface area (Å²) in [7, 11) is 3.52. The first kappa shape index (κ1) is 8.24. The third kappa shape index (κ3) is 3.79. The Morgan fingerprint density at radius 3 is 2.78 bits per heavy atom. The predicted molar refractivity (Wildman–Crippen MR) is 39.2 cm³/mol. The molecule has 0 heterocycles. The minimum atomic E-state index is 0.752. The Labute approximate surface area is 56.2 Å². The summed E-state index contributed by atoms with van der Waals surface area (Å²) in [4.78, 5) is 0. The summed E-state index contributed by atoms with van der Waals surface area (Å²) in [5.41, 5.74) is 0. The van der Waals surface area contributed by atoms with E-state index in [2.05, 4.69) is 11.9 Å². The molecule has 0 aromatic rings. The molecular formula is C7H13NO. The minimum Gasteiger partial charge on any atom is -0.500 e. The molecule has 0 aromatic heterocycles. The van der Waals surface area contributed by atoms with Crippen LogP contribution in [0.25, 0.3) is 0 Å². The van der Waals surface area contributed by atoms with Crippen LogP contribution in [-0.2, 0) is 4.74 Å². The van der Waals surface area contributed by atoms with Crippen molar-refractivity contribution < 1.29 is 4.74 Å². The molecule has 2 heteroatoms. The van der Waals surface area contributed by atoms with Gasteiger partial charge in [-0.05, 0) is 13.1 Å². The fourth-order valence-electron chi connectivity index (χ4n) is 0.505. The highest BCUT2D eigenvalue weighted by atomic mass is 16.5. The van der Waals surface area contributed by atoms with E-state index in [1.54, 1.807) is 13.2 Å². The van der Waals surface area contributed by atoms with Gasteiger partial charge in [-0.15, -0.1) is 0 Å². The van der Waals surface area contributed by atoms with Gasteiger partial charge in [-0.3, -0.25) is 0 Å². The van der Waals surface area contributed by atoms with Gasteiger partial charge < -0.3 is 10.1 Å². The third-order valence-corrected chi connectivity index (χ3v) is 0.917. The second-order valence-electron chi connectivity index (χ2n) is 1.60. The van der Waals surface area contributed by atoms with Gasteiger partial charge in [0.1, 0.15) is 5.76 Å². The Balaban J connectivity index is 3.66.